The van der Waals surface area contributed by atoms with Crippen molar-refractivity contribution in [3.05, 3.63) is 41.7 Å². The Hall–Kier alpha value is -1.97. The van der Waals surface area contributed by atoms with E-state index in [9.17, 15) is 0 Å². The van der Waals surface area contributed by atoms with Crippen LogP contribution in [0.15, 0.2) is 30.6 Å². The van der Waals surface area contributed by atoms with Crippen molar-refractivity contribution in [2.75, 3.05) is 19.0 Å². The Bertz CT molecular complexity index is 562. The van der Waals surface area contributed by atoms with Crippen molar-refractivity contribution in [3.8, 4) is 5.75 Å². The third kappa shape index (κ3) is 1.83. The van der Waals surface area contributed by atoms with Crippen LogP contribution in [0.25, 0.3) is 0 Å². The number of ether oxygens (including phenoxy) is 1. The number of nitrogens with zero attached hydrogens (tertiary/aromatic N) is 2. The molecule has 0 saturated heterocycles. The molecule has 3 rings (SSSR count). The third-order valence-corrected chi connectivity index (χ3v) is 3.51. The van der Waals surface area contributed by atoms with Gasteiger partial charge in [0.2, 0.25) is 0 Å². The van der Waals surface area contributed by atoms with Crippen LogP contribution in [-0.2, 0) is 7.05 Å². The van der Waals surface area contributed by atoms with Gasteiger partial charge in [-0.2, -0.15) is 5.10 Å². The third-order valence-electron chi connectivity index (χ3n) is 3.51. The molecular weight excluding hydrogens is 226 g/mol. The van der Waals surface area contributed by atoms with E-state index in [0.717, 1.165) is 18.7 Å². The van der Waals surface area contributed by atoms with Gasteiger partial charge in [-0.15, -0.1) is 0 Å². The second-order valence-corrected chi connectivity index (χ2v) is 4.67. The van der Waals surface area contributed by atoms with Crippen molar-refractivity contribution in [1.29, 1.82) is 0 Å². The second-order valence-electron chi connectivity index (χ2n) is 4.67. The predicted octanol–water partition coefficient (Wildman–Crippen LogP) is 2.38. The largest absolute Gasteiger partial charge is 0.497 e. The van der Waals surface area contributed by atoms with Crippen LogP contribution < -0.4 is 10.1 Å². The van der Waals surface area contributed by atoms with Crippen LogP contribution in [0.4, 0.5) is 5.69 Å². The van der Waals surface area contributed by atoms with Crippen molar-refractivity contribution in [2.45, 2.75) is 12.3 Å². The van der Waals surface area contributed by atoms with Crippen LogP contribution in [0.1, 0.15) is 23.5 Å². The molecule has 18 heavy (non-hydrogen) atoms. The summed E-state index contributed by atoms with van der Waals surface area (Å²) in [7, 11) is 3.66. The molecule has 2 heterocycles. The highest BCUT2D eigenvalue weighted by atomic mass is 16.5. The van der Waals surface area contributed by atoms with Gasteiger partial charge in [-0.05, 0) is 23.6 Å². The minimum atomic E-state index is 0.431. The van der Waals surface area contributed by atoms with Crippen LogP contribution >= 0.6 is 0 Å². The lowest BCUT2D eigenvalue weighted by atomic mass is 9.87. The number of hydrogen-bond acceptors (Lipinski definition) is 3. The molecule has 0 radical (unpaired) electrons. The number of aryl methyl sites for hydroxylation is 1. The first-order valence-electron chi connectivity index (χ1n) is 6.18. The van der Waals surface area contributed by atoms with Crippen LogP contribution in [0, 0.1) is 0 Å². The molecule has 1 aromatic heterocycles. The van der Waals surface area contributed by atoms with Gasteiger partial charge in [0, 0.05) is 37.5 Å². The van der Waals surface area contributed by atoms with E-state index < -0.39 is 0 Å². The quantitative estimate of drug-likeness (QED) is 0.880. The molecule has 0 bridgehead atoms. The van der Waals surface area contributed by atoms with E-state index in [1.165, 1.54) is 16.8 Å². The Morgan fingerprint density at radius 2 is 2.33 bits per heavy atom. The van der Waals surface area contributed by atoms with Crippen molar-refractivity contribution < 1.29 is 4.74 Å². The maximum atomic E-state index is 5.27. The van der Waals surface area contributed by atoms with Gasteiger partial charge in [-0.3, -0.25) is 4.68 Å². The summed E-state index contributed by atoms with van der Waals surface area (Å²) in [6.45, 7) is 0.986. The number of aromatic nitrogens is 2. The number of benzene rings is 1. The molecule has 1 atom stereocenters. The highest BCUT2D eigenvalue weighted by Gasteiger charge is 2.22. The summed E-state index contributed by atoms with van der Waals surface area (Å²) in [4.78, 5) is 0. The molecule has 0 aliphatic carbocycles. The van der Waals surface area contributed by atoms with E-state index in [-0.39, 0.29) is 0 Å². The zero-order valence-corrected chi connectivity index (χ0v) is 10.7. The number of methoxy groups -OCH3 is 1. The topological polar surface area (TPSA) is 39.1 Å². The SMILES string of the molecule is COc1ccc2c(c1)NCCC2c1cnn(C)c1. The molecule has 0 saturated carbocycles. The van der Waals surface area contributed by atoms with Gasteiger partial charge in [-0.25, -0.2) is 0 Å². The summed E-state index contributed by atoms with van der Waals surface area (Å²) in [5.41, 5.74) is 3.79. The Kier molecular flexibility index (Phi) is 2.70. The fourth-order valence-electron chi connectivity index (χ4n) is 2.59. The lowest BCUT2D eigenvalue weighted by Gasteiger charge is -2.26. The summed E-state index contributed by atoms with van der Waals surface area (Å²) in [6, 6.07) is 6.24. The Morgan fingerprint density at radius 1 is 1.44 bits per heavy atom. The molecule has 1 aliphatic rings. The van der Waals surface area contributed by atoms with E-state index in [4.69, 9.17) is 4.74 Å². The molecule has 0 amide bonds. The standard InChI is InChI=1S/C14H17N3O/c1-17-9-10(8-16-17)12-5-6-15-14-7-11(18-2)3-4-13(12)14/h3-4,7-9,12,15H,5-6H2,1-2H3. The van der Waals surface area contributed by atoms with E-state index in [2.05, 4.69) is 28.7 Å². The fourth-order valence-corrected chi connectivity index (χ4v) is 2.59. The maximum absolute atomic E-state index is 5.27. The zero-order chi connectivity index (χ0) is 12.5. The smallest absolute Gasteiger partial charge is 0.120 e. The lowest BCUT2D eigenvalue weighted by molar-refractivity contribution is 0.414. The van der Waals surface area contributed by atoms with Gasteiger partial charge in [0.15, 0.2) is 0 Å². The Balaban J connectivity index is 2.01. The second kappa shape index (κ2) is 4.37. The predicted molar refractivity (Wildman–Crippen MR) is 71.2 cm³/mol. The molecule has 1 aliphatic heterocycles. The summed E-state index contributed by atoms with van der Waals surface area (Å²) in [5.74, 6) is 1.33. The van der Waals surface area contributed by atoms with Crippen molar-refractivity contribution in [1.82, 2.24) is 9.78 Å². The van der Waals surface area contributed by atoms with E-state index in [1.807, 2.05) is 24.0 Å². The fraction of sp³-hybridized carbons (Fsp3) is 0.357. The molecule has 94 valence electrons. The first-order valence-corrected chi connectivity index (χ1v) is 6.18. The van der Waals surface area contributed by atoms with Crippen LogP contribution in [0.2, 0.25) is 0 Å². The maximum Gasteiger partial charge on any atom is 0.120 e. The van der Waals surface area contributed by atoms with E-state index >= 15 is 0 Å². The lowest BCUT2D eigenvalue weighted by Crippen LogP contribution is -2.17. The number of anilines is 1. The number of hydrogen-bond donors (Lipinski definition) is 1. The zero-order valence-electron chi connectivity index (χ0n) is 10.7. The van der Waals surface area contributed by atoms with Gasteiger partial charge in [0.05, 0.1) is 13.3 Å². The Labute approximate surface area is 107 Å². The van der Waals surface area contributed by atoms with Crippen molar-refractivity contribution >= 4 is 5.69 Å². The van der Waals surface area contributed by atoms with Gasteiger partial charge in [-0.1, -0.05) is 6.07 Å². The summed E-state index contributed by atoms with van der Waals surface area (Å²) >= 11 is 0. The number of fused-ring (bicyclic) bond motifs is 1. The normalized spacial score (nSPS) is 18.0. The molecule has 4 heteroatoms. The first-order chi connectivity index (χ1) is 8.78. The van der Waals surface area contributed by atoms with Gasteiger partial charge < -0.3 is 10.1 Å². The molecule has 1 N–H and O–H groups in total. The summed E-state index contributed by atoms with van der Waals surface area (Å²) in [6.07, 6.45) is 5.17. The van der Waals surface area contributed by atoms with Gasteiger partial charge in [0.1, 0.15) is 5.75 Å². The highest BCUT2D eigenvalue weighted by Crippen LogP contribution is 2.37. The molecule has 2 aromatic rings. The summed E-state index contributed by atoms with van der Waals surface area (Å²) < 4.78 is 7.13. The average molecular weight is 243 g/mol. The molecule has 0 fully saturated rings. The van der Waals surface area contributed by atoms with Crippen LogP contribution in [-0.4, -0.2) is 23.4 Å². The molecule has 4 nitrogen and oxygen atoms in total. The molecule has 1 aromatic carbocycles. The first kappa shape index (κ1) is 11.1. The summed E-state index contributed by atoms with van der Waals surface area (Å²) in [5, 5.41) is 7.71. The highest BCUT2D eigenvalue weighted by molar-refractivity contribution is 5.60. The van der Waals surface area contributed by atoms with Gasteiger partial charge in [0.25, 0.3) is 0 Å². The minimum absolute atomic E-state index is 0.431. The number of nitrogens with one attached hydrogen (secondary N) is 1. The van der Waals surface area contributed by atoms with Crippen molar-refractivity contribution in [2.24, 2.45) is 7.05 Å². The van der Waals surface area contributed by atoms with Crippen LogP contribution in [0.3, 0.4) is 0 Å². The minimum Gasteiger partial charge on any atom is -0.497 e. The van der Waals surface area contributed by atoms with E-state index in [1.54, 1.807) is 7.11 Å². The average Bonchev–Trinajstić information content (AvgIpc) is 2.84. The molecular formula is C14H17N3O. The van der Waals surface area contributed by atoms with Crippen molar-refractivity contribution in [3.63, 3.8) is 0 Å². The monoisotopic (exact) mass is 243 g/mol. The van der Waals surface area contributed by atoms with Gasteiger partial charge >= 0.3 is 0 Å². The van der Waals surface area contributed by atoms with E-state index in [0.29, 0.717) is 5.92 Å². The van der Waals surface area contributed by atoms with Crippen LogP contribution in [0.5, 0.6) is 5.75 Å². The Morgan fingerprint density at radius 3 is 3.06 bits per heavy atom. The number of rotatable bonds is 2. The molecule has 0 spiro atoms. The molecule has 1 unspecified atom stereocenters.